The molecule has 0 aromatic heterocycles. The molecule has 0 saturated carbocycles. The molecule has 0 aliphatic carbocycles. The fourth-order valence-corrected chi connectivity index (χ4v) is 2.99. The van der Waals surface area contributed by atoms with Gasteiger partial charge in [0.25, 0.3) is 0 Å². The van der Waals surface area contributed by atoms with Gasteiger partial charge in [-0.15, -0.1) is 0 Å². The lowest BCUT2D eigenvalue weighted by molar-refractivity contribution is 0.135. The first-order valence-corrected chi connectivity index (χ1v) is 9.42. The summed E-state index contributed by atoms with van der Waals surface area (Å²) in [6, 6.07) is 11.0. The number of hydrogen-bond donors (Lipinski definition) is 2. The third-order valence-corrected chi connectivity index (χ3v) is 4.58. The van der Waals surface area contributed by atoms with Crippen LogP contribution in [0.25, 0.3) is 0 Å². The Balaban J connectivity index is 2.02. The number of ether oxygens (including phenoxy) is 3. The van der Waals surface area contributed by atoms with E-state index in [0.29, 0.717) is 29.7 Å². The molecule has 0 amide bonds. The summed E-state index contributed by atoms with van der Waals surface area (Å²) in [6.07, 6.45) is 0.254. The maximum atomic E-state index is 10.6. The van der Waals surface area contributed by atoms with E-state index in [1.54, 1.807) is 14.2 Å². The molecule has 2 N–H and O–H groups in total. The first-order chi connectivity index (χ1) is 13.0. The van der Waals surface area contributed by atoms with Gasteiger partial charge < -0.3 is 24.6 Å². The quantitative estimate of drug-likeness (QED) is 0.628. The number of rotatable bonds is 10. The third kappa shape index (κ3) is 5.76. The number of nitrogens with one attached hydrogen (secondary N) is 1. The van der Waals surface area contributed by atoms with E-state index in [9.17, 15) is 5.11 Å². The molecule has 0 fully saturated rings. The van der Waals surface area contributed by atoms with E-state index in [-0.39, 0.29) is 6.04 Å². The molecule has 2 rings (SSSR count). The summed E-state index contributed by atoms with van der Waals surface area (Å²) in [5.41, 5.74) is 1.78. The summed E-state index contributed by atoms with van der Waals surface area (Å²) in [5, 5.41) is 14.4. The predicted molar refractivity (Wildman–Crippen MR) is 108 cm³/mol. The van der Waals surface area contributed by atoms with Crippen molar-refractivity contribution in [1.29, 1.82) is 0 Å². The van der Waals surface area contributed by atoms with Crippen molar-refractivity contribution in [2.45, 2.75) is 39.0 Å². The Hall–Kier alpha value is -1.95. The van der Waals surface area contributed by atoms with Gasteiger partial charge in [0.15, 0.2) is 11.5 Å². The molecule has 0 spiro atoms. The molecular weight excluding hydrogens is 366 g/mol. The minimum absolute atomic E-state index is 0.154. The standard InChI is InChI=1S/C21H28ClNO4/c1-5-10-27-21-18(22)11-15(12-19(21)26-4)13-23-14(2)20(24)16-6-8-17(25-3)9-7-16/h6-9,11-12,14,20,23-24H,5,10,13H2,1-4H3/t14-,20+/m0/s1. The minimum Gasteiger partial charge on any atom is -0.497 e. The average molecular weight is 394 g/mol. The summed E-state index contributed by atoms with van der Waals surface area (Å²) >= 11 is 6.36. The van der Waals surface area contributed by atoms with Crippen molar-refractivity contribution in [3.63, 3.8) is 0 Å². The minimum atomic E-state index is -0.638. The molecule has 2 aromatic carbocycles. The van der Waals surface area contributed by atoms with Crippen LogP contribution in [0.4, 0.5) is 0 Å². The van der Waals surface area contributed by atoms with Crippen LogP contribution in [0.5, 0.6) is 17.2 Å². The first-order valence-electron chi connectivity index (χ1n) is 9.04. The van der Waals surface area contributed by atoms with Gasteiger partial charge in [-0.1, -0.05) is 30.7 Å². The number of benzene rings is 2. The molecule has 0 radical (unpaired) electrons. The molecule has 2 atom stereocenters. The lowest BCUT2D eigenvalue weighted by Gasteiger charge is -2.21. The summed E-state index contributed by atoms with van der Waals surface area (Å²) in [5.74, 6) is 1.94. The van der Waals surface area contributed by atoms with E-state index in [0.717, 1.165) is 23.3 Å². The van der Waals surface area contributed by atoms with Crippen LogP contribution in [0.15, 0.2) is 36.4 Å². The van der Waals surface area contributed by atoms with E-state index in [2.05, 4.69) is 5.32 Å². The van der Waals surface area contributed by atoms with Crippen molar-refractivity contribution < 1.29 is 19.3 Å². The summed E-state index contributed by atoms with van der Waals surface area (Å²) < 4.78 is 16.2. The molecule has 0 unspecified atom stereocenters. The van der Waals surface area contributed by atoms with Gasteiger partial charge in [-0.25, -0.2) is 0 Å². The second kappa shape index (κ2) is 10.4. The molecule has 0 aliphatic heterocycles. The molecule has 0 saturated heterocycles. The number of aliphatic hydroxyl groups is 1. The van der Waals surface area contributed by atoms with Crippen molar-refractivity contribution >= 4 is 11.6 Å². The Morgan fingerprint density at radius 2 is 1.81 bits per heavy atom. The highest BCUT2D eigenvalue weighted by molar-refractivity contribution is 6.32. The molecule has 2 aromatic rings. The van der Waals surface area contributed by atoms with Crippen LogP contribution in [0, 0.1) is 0 Å². The van der Waals surface area contributed by atoms with Crippen LogP contribution in [-0.2, 0) is 6.54 Å². The number of hydrogen-bond acceptors (Lipinski definition) is 5. The Morgan fingerprint density at radius 1 is 1.11 bits per heavy atom. The Bertz CT molecular complexity index is 721. The second-order valence-corrected chi connectivity index (χ2v) is 6.75. The molecule has 0 heterocycles. The Labute approximate surface area is 166 Å². The van der Waals surface area contributed by atoms with Crippen molar-refractivity contribution in [1.82, 2.24) is 5.32 Å². The molecule has 0 bridgehead atoms. The van der Waals surface area contributed by atoms with Gasteiger partial charge >= 0.3 is 0 Å². The molecule has 0 aliphatic rings. The number of methoxy groups -OCH3 is 2. The second-order valence-electron chi connectivity index (χ2n) is 6.35. The number of halogens is 1. The van der Waals surface area contributed by atoms with Gasteiger partial charge in [0, 0.05) is 12.6 Å². The molecule has 27 heavy (non-hydrogen) atoms. The molecule has 6 heteroatoms. The van der Waals surface area contributed by atoms with Crippen molar-refractivity contribution in [2.75, 3.05) is 20.8 Å². The van der Waals surface area contributed by atoms with Gasteiger partial charge in [-0.3, -0.25) is 0 Å². The van der Waals surface area contributed by atoms with Crippen molar-refractivity contribution in [3.05, 3.63) is 52.5 Å². The predicted octanol–water partition coefficient (Wildman–Crippen LogP) is 4.36. The first kappa shape index (κ1) is 21.4. The Kier molecular flexibility index (Phi) is 8.23. The smallest absolute Gasteiger partial charge is 0.179 e. The fourth-order valence-electron chi connectivity index (χ4n) is 2.70. The lowest BCUT2D eigenvalue weighted by atomic mass is 10.0. The largest absolute Gasteiger partial charge is 0.497 e. The van der Waals surface area contributed by atoms with Gasteiger partial charge in [-0.2, -0.15) is 0 Å². The Morgan fingerprint density at radius 3 is 2.41 bits per heavy atom. The molecular formula is C21H28ClNO4. The van der Waals surface area contributed by atoms with Gasteiger partial charge in [-0.05, 0) is 48.7 Å². The van der Waals surface area contributed by atoms with Gasteiger partial charge in [0.1, 0.15) is 5.75 Å². The van der Waals surface area contributed by atoms with E-state index in [1.807, 2.05) is 50.2 Å². The molecule has 148 valence electrons. The molecule has 5 nitrogen and oxygen atoms in total. The zero-order valence-electron chi connectivity index (χ0n) is 16.3. The highest BCUT2D eigenvalue weighted by Crippen LogP contribution is 2.36. The topological polar surface area (TPSA) is 60.0 Å². The van der Waals surface area contributed by atoms with Crippen molar-refractivity contribution in [3.8, 4) is 17.2 Å². The van der Waals surface area contributed by atoms with Crippen LogP contribution in [0.3, 0.4) is 0 Å². The van der Waals surface area contributed by atoms with Crippen LogP contribution < -0.4 is 19.5 Å². The van der Waals surface area contributed by atoms with E-state index >= 15 is 0 Å². The van der Waals surface area contributed by atoms with Crippen LogP contribution in [0.1, 0.15) is 37.5 Å². The zero-order chi connectivity index (χ0) is 19.8. The van der Waals surface area contributed by atoms with E-state index in [4.69, 9.17) is 25.8 Å². The SMILES string of the molecule is CCCOc1c(Cl)cc(CN[C@@H](C)[C@@H](O)c2ccc(OC)cc2)cc1OC. The lowest BCUT2D eigenvalue weighted by Crippen LogP contribution is -2.31. The average Bonchev–Trinajstić information content (AvgIpc) is 2.70. The zero-order valence-corrected chi connectivity index (χ0v) is 17.0. The van der Waals surface area contributed by atoms with Crippen LogP contribution in [0.2, 0.25) is 5.02 Å². The van der Waals surface area contributed by atoms with Crippen molar-refractivity contribution in [2.24, 2.45) is 0 Å². The van der Waals surface area contributed by atoms with Gasteiger partial charge in [0.05, 0.1) is 32.0 Å². The summed E-state index contributed by atoms with van der Waals surface area (Å²) in [7, 11) is 3.21. The number of aliphatic hydroxyl groups excluding tert-OH is 1. The maximum Gasteiger partial charge on any atom is 0.179 e. The van der Waals surface area contributed by atoms with Gasteiger partial charge in [0.2, 0.25) is 0 Å². The maximum absolute atomic E-state index is 10.6. The third-order valence-electron chi connectivity index (χ3n) is 4.30. The van der Waals surface area contributed by atoms with E-state index < -0.39 is 6.10 Å². The highest BCUT2D eigenvalue weighted by Gasteiger charge is 2.17. The normalized spacial score (nSPS) is 13.1. The summed E-state index contributed by atoms with van der Waals surface area (Å²) in [4.78, 5) is 0. The fraction of sp³-hybridized carbons (Fsp3) is 0.429. The highest BCUT2D eigenvalue weighted by atomic mass is 35.5. The van der Waals surface area contributed by atoms with Crippen LogP contribution >= 0.6 is 11.6 Å². The summed E-state index contributed by atoms with van der Waals surface area (Å²) in [6.45, 7) is 5.10. The van der Waals surface area contributed by atoms with Crippen LogP contribution in [-0.4, -0.2) is 32.0 Å². The monoisotopic (exact) mass is 393 g/mol. The van der Waals surface area contributed by atoms with E-state index in [1.165, 1.54) is 0 Å².